The number of carbonyl (C=O) groups is 3. The average Bonchev–Trinajstić information content (AvgIpc) is 2.71. The summed E-state index contributed by atoms with van der Waals surface area (Å²) in [5, 5.41) is 32.1. The zero-order valence-electron chi connectivity index (χ0n) is 17.8. The van der Waals surface area contributed by atoms with Crippen molar-refractivity contribution in [1.29, 1.82) is 0 Å². The Morgan fingerprint density at radius 1 is 1.06 bits per heavy atom. The lowest BCUT2D eigenvalue weighted by molar-refractivity contribution is -0.165. The molecule has 10 nitrogen and oxygen atoms in total. The van der Waals surface area contributed by atoms with Gasteiger partial charge in [0.05, 0.1) is 5.69 Å². The van der Waals surface area contributed by atoms with E-state index in [1.807, 2.05) is 0 Å². The number of amides is 1. The maximum Gasteiger partial charge on any atom is 0.409 e. The Bertz CT molecular complexity index is 940. The van der Waals surface area contributed by atoms with Crippen molar-refractivity contribution in [2.45, 2.75) is 44.9 Å². The number of hydrogen-bond donors (Lipinski definition) is 3. The lowest BCUT2D eigenvalue weighted by Gasteiger charge is -2.29. The lowest BCUT2D eigenvalue weighted by Crippen LogP contribution is -2.43. The number of benzene rings is 2. The Kier molecular flexibility index (Phi) is 8.16. The molecule has 0 aliphatic heterocycles. The molecular formula is C22H25N2O8-. The molecule has 32 heavy (non-hydrogen) atoms. The maximum atomic E-state index is 12.7. The molecule has 172 valence electrons. The third-order valence-electron chi connectivity index (χ3n) is 4.14. The van der Waals surface area contributed by atoms with Crippen molar-refractivity contribution in [3.8, 4) is 0 Å². The number of ether oxygens (including phenoxy) is 2. The Labute approximate surface area is 184 Å². The molecule has 2 aromatic carbocycles. The van der Waals surface area contributed by atoms with Gasteiger partial charge >= 0.3 is 18.0 Å². The van der Waals surface area contributed by atoms with Crippen LogP contribution in [0.15, 0.2) is 54.6 Å². The minimum Gasteiger partial charge on any atom is -0.733 e. The van der Waals surface area contributed by atoms with Gasteiger partial charge in [0.25, 0.3) is 0 Å². The summed E-state index contributed by atoms with van der Waals surface area (Å²) < 4.78 is 10.5. The Morgan fingerprint density at radius 3 is 2.22 bits per heavy atom. The van der Waals surface area contributed by atoms with Crippen LogP contribution in [-0.2, 0) is 25.5 Å². The van der Waals surface area contributed by atoms with Gasteiger partial charge in [-0.25, -0.2) is 14.4 Å². The quantitative estimate of drug-likeness (QED) is 0.411. The molecule has 1 unspecified atom stereocenters. The molecule has 10 heteroatoms. The van der Waals surface area contributed by atoms with Crippen molar-refractivity contribution in [2.75, 3.05) is 5.23 Å². The second kappa shape index (κ2) is 10.6. The molecule has 0 saturated heterocycles. The van der Waals surface area contributed by atoms with Crippen LogP contribution in [0.4, 0.5) is 10.5 Å². The third kappa shape index (κ3) is 7.25. The van der Waals surface area contributed by atoms with E-state index < -0.39 is 41.0 Å². The summed E-state index contributed by atoms with van der Waals surface area (Å²) >= 11 is 0. The predicted molar refractivity (Wildman–Crippen MR) is 114 cm³/mol. The highest BCUT2D eigenvalue weighted by atomic mass is 16.8. The van der Waals surface area contributed by atoms with Crippen LogP contribution in [-0.4, -0.2) is 40.0 Å². The van der Waals surface area contributed by atoms with Crippen LogP contribution in [0.3, 0.4) is 0 Å². The van der Waals surface area contributed by atoms with Crippen molar-refractivity contribution >= 4 is 23.7 Å². The van der Waals surface area contributed by atoms with Gasteiger partial charge < -0.3 is 30.3 Å². The monoisotopic (exact) mass is 445 g/mol. The number of esters is 1. The highest BCUT2D eigenvalue weighted by molar-refractivity contribution is 5.84. The molecule has 0 spiro atoms. The molecule has 0 heterocycles. The van der Waals surface area contributed by atoms with E-state index in [9.17, 15) is 29.9 Å². The Morgan fingerprint density at radius 2 is 1.66 bits per heavy atom. The number of rotatable bonds is 8. The van der Waals surface area contributed by atoms with Crippen molar-refractivity contribution in [3.05, 3.63) is 70.9 Å². The molecule has 3 N–H and O–H groups in total. The van der Waals surface area contributed by atoms with E-state index in [1.54, 1.807) is 51.1 Å². The first-order valence-electron chi connectivity index (χ1n) is 9.69. The molecule has 0 radical (unpaired) electrons. The van der Waals surface area contributed by atoms with Gasteiger partial charge in [-0.3, -0.25) is 5.21 Å². The summed E-state index contributed by atoms with van der Waals surface area (Å²) in [6, 6.07) is 12.7. The highest BCUT2D eigenvalue weighted by Gasteiger charge is 2.33. The topological polar surface area (TPSA) is 148 Å². The zero-order valence-corrected chi connectivity index (χ0v) is 17.8. The minimum absolute atomic E-state index is 0.0239. The first-order chi connectivity index (χ1) is 15.0. The molecule has 0 aliphatic carbocycles. The number of nitrogens with zero attached hydrogens (tertiary/aromatic N) is 1. The van der Waals surface area contributed by atoms with Crippen LogP contribution in [0.2, 0.25) is 0 Å². The van der Waals surface area contributed by atoms with Gasteiger partial charge in [0, 0.05) is 12.0 Å². The molecule has 1 amide bonds. The van der Waals surface area contributed by atoms with Crippen molar-refractivity contribution < 1.29 is 34.2 Å². The molecule has 2 aromatic rings. The van der Waals surface area contributed by atoms with Crippen LogP contribution in [0, 0.1) is 5.21 Å². The summed E-state index contributed by atoms with van der Waals surface area (Å²) in [5.41, 5.74) is -0.756. The molecule has 0 bridgehead atoms. The second-order valence-electron chi connectivity index (χ2n) is 7.88. The Balaban J connectivity index is 2.27. The SMILES string of the molecule is CC(C)(C)OC(=O)C(OC(=O)N[C@@H](Cc1ccccc1)C(=O)O)c1ccccc1N([O-])O. The molecule has 0 fully saturated rings. The Hall–Kier alpha value is -3.63. The number of carboxylic acids is 1. The van der Waals surface area contributed by atoms with Gasteiger partial charge in [-0.05, 0) is 32.4 Å². The van der Waals surface area contributed by atoms with Crippen LogP contribution in [0.25, 0.3) is 0 Å². The fourth-order valence-corrected chi connectivity index (χ4v) is 2.81. The van der Waals surface area contributed by atoms with Crippen LogP contribution < -0.4 is 10.5 Å². The van der Waals surface area contributed by atoms with Gasteiger partial charge in [0.1, 0.15) is 11.6 Å². The van der Waals surface area contributed by atoms with Crippen molar-refractivity contribution in [2.24, 2.45) is 0 Å². The van der Waals surface area contributed by atoms with Crippen LogP contribution >= 0.6 is 0 Å². The molecule has 0 saturated carbocycles. The number of alkyl carbamates (subject to hydrolysis) is 1. The first-order valence-corrected chi connectivity index (χ1v) is 9.69. The number of hydrogen-bond acceptors (Lipinski definition) is 8. The van der Waals surface area contributed by atoms with Crippen LogP contribution in [0.5, 0.6) is 0 Å². The lowest BCUT2D eigenvalue weighted by atomic mass is 10.1. The molecular weight excluding hydrogens is 420 g/mol. The summed E-state index contributed by atoms with van der Waals surface area (Å²) in [7, 11) is 0. The van der Waals surface area contributed by atoms with E-state index in [1.165, 1.54) is 24.3 Å². The zero-order chi connectivity index (χ0) is 23.9. The second-order valence-corrected chi connectivity index (χ2v) is 7.88. The van der Waals surface area contributed by atoms with E-state index >= 15 is 0 Å². The van der Waals surface area contributed by atoms with E-state index in [0.29, 0.717) is 5.56 Å². The minimum atomic E-state index is -1.74. The normalized spacial score (nSPS) is 12.9. The summed E-state index contributed by atoms with van der Waals surface area (Å²) in [5.74, 6) is -2.31. The van der Waals surface area contributed by atoms with Crippen molar-refractivity contribution in [3.63, 3.8) is 0 Å². The van der Waals surface area contributed by atoms with Crippen molar-refractivity contribution in [1.82, 2.24) is 5.32 Å². The smallest absolute Gasteiger partial charge is 0.409 e. The predicted octanol–water partition coefficient (Wildman–Crippen LogP) is 3.18. The number of nitrogens with one attached hydrogen (secondary N) is 1. The number of para-hydroxylation sites is 1. The van der Waals surface area contributed by atoms with Gasteiger partial charge in [-0.1, -0.05) is 48.5 Å². The van der Waals surface area contributed by atoms with E-state index in [4.69, 9.17) is 9.47 Å². The molecule has 2 atom stereocenters. The standard InChI is InChI=1S/C22H25N2O8/c1-22(2,3)32-20(27)18(15-11-7-8-12-17(15)24(29)30)31-21(28)23-16(19(25)26)13-14-9-5-4-6-10-14/h4-12,16,18,29H,13H2,1-3H3,(H,23,28)(H,25,26)/q-1/t16-,18?/m0/s1. The fraction of sp³-hybridized carbons (Fsp3) is 0.318. The summed E-state index contributed by atoms with van der Waals surface area (Å²) in [6.07, 6.45) is -2.97. The van der Waals surface area contributed by atoms with E-state index in [0.717, 1.165) is 0 Å². The molecule has 0 aliphatic rings. The molecule has 0 aromatic heterocycles. The molecule has 2 rings (SSSR count). The van der Waals surface area contributed by atoms with E-state index in [2.05, 4.69) is 5.32 Å². The van der Waals surface area contributed by atoms with E-state index in [-0.39, 0.29) is 17.7 Å². The highest BCUT2D eigenvalue weighted by Crippen LogP contribution is 2.30. The number of carboxylic acid groups (broad SMARTS) is 1. The maximum absolute atomic E-state index is 12.7. The summed E-state index contributed by atoms with van der Waals surface area (Å²) in [6.45, 7) is 4.79. The fourth-order valence-electron chi connectivity index (χ4n) is 2.81. The summed E-state index contributed by atoms with van der Waals surface area (Å²) in [4.78, 5) is 36.9. The van der Waals surface area contributed by atoms with Gasteiger partial charge in [-0.2, -0.15) is 0 Å². The third-order valence-corrected chi connectivity index (χ3v) is 4.14. The van der Waals surface area contributed by atoms with Gasteiger partial charge in [0.15, 0.2) is 0 Å². The first kappa shape index (κ1) is 24.6. The van der Waals surface area contributed by atoms with Crippen LogP contribution in [0.1, 0.15) is 38.0 Å². The number of aliphatic carboxylic acids is 1. The number of carbonyl (C=O) groups excluding carboxylic acids is 2. The largest absolute Gasteiger partial charge is 0.733 e. The average molecular weight is 445 g/mol. The number of anilines is 1. The van der Waals surface area contributed by atoms with Gasteiger partial charge in [0.2, 0.25) is 6.10 Å². The van der Waals surface area contributed by atoms with Gasteiger partial charge in [-0.15, -0.1) is 0 Å².